The third kappa shape index (κ3) is 3.17. The molecule has 1 heterocycles. The van der Waals surface area contributed by atoms with Crippen molar-refractivity contribution in [2.75, 3.05) is 11.9 Å². The number of anilines is 1. The highest BCUT2D eigenvalue weighted by Crippen LogP contribution is 2.25. The molecule has 0 aliphatic heterocycles. The quantitative estimate of drug-likeness (QED) is 0.513. The van der Waals surface area contributed by atoms with E-state index in [4.69, 9.17) is 0 Å². The van der Waals surface area contributed by atoms with Crippen LogP contribution in [0.2, 0.25) is 0 Å². The van der Waals surface area contributed by atoms with Crippen molar-refractivity contribution in [2.45, 2.75) is 6.92 Å². The number of aryl methyl sites for hydroxylation is 1. The third-order valence-corrected chi connectivity index (χ3v) is 2.74. The summed E-state index contributed by atoms with van der Waals surface area (Å²) in [5, 5.41) is 13.7. The van der Waals surface area contributed by atoms with Crippen molar-refractivity contribution in [1.29, 1.82) is 0 Å². The summed E-state index contributed by atoms with van der Waals surface area (Å²) in [6.07, 6.45) is 1.53. The van der Waals surface area contributed by atoms with Gasteiger partial charge in [-0.25, -0.2) is 0 Å². The van der Waals surface area contributed by atoms with E-state index in [2.05, 4.69) is 10.3 Å². The zero-order valence-corrected chi connectivity index (χ0v) is 10.9. The van der Waals surface area contributed by atoms with Gasteiger partial charge in [0, 0.05) is 12.3 Å². The van der Waals surface area contributed by atoms with Gasteiger partial charge >= 0.3 is 0 Å². The average molecular weight is 271 g/mol. The lowest BCUT2D eigenvalue weighted by Gasteiger charge is -2.06. The molecule has 0 atom stereocenters. The molecule has 0 unspecified atom stereocenters. The maximum atomic E-state index is 11.9. The van der Waals surface area contributed by atoms with Crippen LogP contribution in [0, 0.1) is 17.0 Å². The molecule has 0 radical (unpaired) electrons. The maximum absolute atomic E-state index is 11.9. The Morgan fingerprint density at radius 2 is 2.15 bits per heavy atom. The number of nitro benzene ring substituents is 1. The highest BCUT2D eigenvalue weighted by atomic mass is 16.6. The highest BCUT2D eigenvalue weighted by Gasteiger charge is 2.15. The Bertz CT molecular complexity index is 641. The van der Waals surface area contributed by atoms with E-state index in [9.17, 15) is 14.9 Å². The Morgan fingerprint density at radius 1 is 1.35 bits per heavy atom. The molecule has 1 aromatic heterocycles. The third-order valence-electron chi connectivity index (χ3n) is 2.74. The van der Waals surface area contributed by atoms with Crippen molar-refractivity contribution >= 4 is 17.2 Å². The van der Waals surface area contributed by atoms with E-state index in [0.717, 1.165) is 5.56 Å². The maximum Gasteiger partial charge on any atom is 0.292 e. The zero-order valence-electron chi connectivity index (χ0n) is 10.9. The van der Waals surface area contributed by atoms with Gasteiger partial charge in [0.1, 0.15) is 11.4 Å². The first-order valence-electron chi connectivity index (χ1n) is 6.01. The molecular formula is C14H13N3O3. The summed E-state index contributed by atoms with van der Waals surface area (Å²) in [6, 6.07) is 9.85. The molecule has 1 N–H and O–H groups in total. The molecule has 20 heavy (non-hydrogen) atoms. The Hall–Kier alpha value is -2.76. The summed E-state index contributed by atoms with van der Waals surface area (Å²) < 4.78 is 0. The Morgan fingerprint density at radius 3 is 2.80 bits per heavy atom. The summed E-state index contributed by atoms with van der Waals surface area (Å²) >= 11 is 0. The second kappa shape index (κ2) is 5.92. The predicted octanol–water partition coefficient (Wildman–Crippen LogP) is 2.59. The minimum absolute atomic E-state index is 0.0408. The van der Waals surface area contributed by atoms with E-state index in [1.165, 1.54) is 12.3 Å². The number of nitrogens with zero attached hydrogens (tertiary/aromatic N) is 2. The summed E-state index contributed by atoms with van der Waals surface area (Å²) in [7, 11) is 0. The molecule has 6 nitrogen and oxygen atoms in total. The van der Waals surface area contributed by atoms with Gasteiger partial charge in [0.25, 0.3) is 5.69 Å². The molecule has 0 fully saturated rings. The fourth-order valence-corrected chi connectivity index (χ4v) is 1.74. The second-order valence-electron chi connectivity index (χ2n) is 4.27. The number of Topliss-reactive ketones (excluding diaryl/α,β-unsaturated/α-hetero) is 1. The number of hydrogen-bond acceptors (Lipinski definition) is 5. The van der Waals surface area contributed by atoms with Crippen LogP contribution in [0.4, 0.5) is 11.4 Å². The molecule has 0 spiro atoms. The highest BCUT2D eigenvalue weighted by molar-refractivity contribution is 5.97. The summed E-state index contributed by atoms with van der Waals surface area (Å²) in [5.74, 6) is -0.222. The van der Waals surface area contributed by atoms with Crippen molar-refractivity contribution < 1.29 is 9.72 Å². The van der Waals surface area contributed by atoms with Crippen molar-refractivity contribution in [2.24, 2.45) is 0 Å². The summed E-state index contributed by atoms with van der Waals surface area (Å²) in [5.41, 5.74) is 1.40. The molecular weight excluding hydrogens is 258 g/mol. The molecule has 102 valence electrons. The Balaban J connectivity index is 2.12. The van der Waals surface area contributed by atoms with Gasteiger partial charge in [0.2, 0.25) is 0 Å². The first kappa shape index (κ1) is 13.7. The number of rotatable bonds is 5. The van der Waals surface area contributed by atoms with Gasteiger partial charge in [-0.05, 0) is 30.7 Å². The smallest absolute Gasteiger partial charge is 0.292 e. The summed E-state index contributed by atoms with van der Waals surface area (Å²) in [6.45, 7) is 1.73. The molecule has 2 aromatic rings. The SMILES string of the molecule is Cc1ccc(NCC(=O)c2ccccn2)c([N+](=O)[O-])c1. The van der Waals surface area contributed by atoms with E-state index in [1.807, 2.05) is 0 Å². The fraction of sp³-hybridized carbons (Fsp3) is 0.143. The first-order chi connectivity index (χ1) is 9.58. The molecule has 6 heteroatoms. The van der Waals surface area contributed by atoms with Crippen LogP contribution in [-0.2, 0) is 0 Å². The van der Waals surface area contributed by atoms with Gasteiger partial charge < -0.3 is 5.32 Å². The van der Waals surface area contributed by atoms with Gasteiger partial charge in [-0.1, -0.05) is 12.1 Å². The number of ketones is 1. The number of carbonyl (C=O) groups is 1. The monoisotopic (exact) mass is 271 g/mol. The van der Waals surface area contributed by atoms with Gasteiger partial charge in [-0.3, -0.25) is 19.9 Å². The number of nitro groups is 1. The number of hydrogen-bond donors (Lipinski definition) is 1. The van der Waals surface area contributed by atoms with Crippen LogP contribution in [0.1, 0.15) is 16.1 Å². The lowest BCUT2D eigenvalue weighted by Crippen LogP contribution is -2.15. The van der Waals surface area contributed by atoms with Crippen LogP contribution in [0.25, 0.3) is 0 Å². The van der Waals surface area contributed by atoms with E-state index < -0.39 is 4.92 Å². The van der Waals surface area contributed by atoms with E-state index >= 15 is 0 Å². The molecule has 2 rings (SSSR count). The minimum Gasteiger partial charge on any atom is -0.372 e. The summed E-state index contributed by atoms with van der Waals surface area (Å²) in [4.78, 5) is 26.3. The molecule has 0 aliphatic rings. The lowest BCUT2D eigenvalue weighted by molar-refractivity contribution is -0.384. The van der Waals surface area contributed by atoms with Crippen molar-refractivity contribution in [3.05, 3.63) is 64.0 Å². The lowest BCUT2D eigenvalue weighted by atomic mass is 10.2. The van der Waals surface area contributed by atoms with Gasteiger partial charge in [0.15, 0.2) is 5.78 Å². The zero-order chi connectivity index (χ0) is 14.5. The fourth-order valence-electron chi connectivity index (χ4n) is 1.74. The molecule has 1 aromatic carbocycles. The average Bonchev–Trinajstić information content (AvgIpc) is 2.46. The molecule has 0 saturated heterocycles. The molecule has 0 amide bonds. The van der Waals surface area contributed by atoms with Crippen LogP contribution in [0.5, 0.6) is 0 Å². The topological polar surface area (TPSA) is 85.1 Å². The molecule has 0 aliphatic carbocycles. The van der Waals surface area contributed by atoms with Crippen LogP contribution >= 0.6 is 0 Å². The van der Waals surface area contributed by atoms with Crippen LogP contribution in [-0.4, -0.2) is 22.2 Å². The molecule has 0 saturated carbocycles. The van der Waals surface area contributed by atoms with Gasteiger partial charge in [-0.2, -0.15) is 0 Å². The van der Waals surface area contributed by atoms with Crippen LogP contribution in [0.3, 0.4) is 0 Å². The Kier molecular flexibility index (Phi) is 4.05. The second-order valence-corrected chi connectivity index (χ2v) is 4.27. The minimum atomic E-state index is -0.472. The van der Waals surface area contributed by atoms with E-state index in [-0.39, 0.29) is 18.0 Å². The van der Waals surface area contributed by atoms with Crippen molar-refractivity contribution in [3.8, 4) is 0 Å². The number of benzene rings is 1. The van der Waals surface area contributed by atoms with Crippen LogP contribution < -0.4 is 5.32 Å². The largest absolute Gasteiger partial charge is 0.372 e. The standard InChI is InChI=1S/C14H13N3O3/c1-10-5-6-11(13(8-10)17(19)20)16-9-14(18)12-4-2-3-7-15-12/h2-8,16H,9H2,1H3. The number of aromatic nitrogens is 1. The Labute approximate surface area is 115 Å². The predicted molar refractivity (Wildman–Crippen MR) is 74.9 cm³/mol. The van der Waals surface area contributed by atoms with Gasteiger partial charge in [-0.15, -0.1) is 0 Å². The van der Waals surface area contributed by atoms with E-state index in [1.54, 1.807) is 37.3 Å². The number of pyridine rings is 1. The number of nitrogens with one attached hydrogen (secondary N) is 1. The van der Waals surface area contributed by atoms with Crippen molar-refractivity contribution in [1.82, 2.24) is 4.98 Å². The van der Waals surface area contributed by atoms with Crippen LogP contribution in [0.15, 0.2) is 42.6 Å². The first-order valence-corrected chi connectivity index (χ1v) is 6.01. The van der Waals surface area contributed by atoms with Gasteiger partial charge in [0.05, 0.1) is 11.5 Å². The van der Waals surface area contributed by atoms with Crippen molar-refractivity contribution in [3.63, 3.8) is 0 Å². The normalized spacial score (nSPS) is 10.1. The van der Waals surface area contributed by atoms with E-state index in [0.29, 0.717) is 11.4 Å². The number of carbonyl (C=O) groups excluding carboxylic acids is 1. The molecule has 0 bridgehead atoms.